The molecule has 0 saturated heterocycles. The Morgan fingerprint density at radius 1 is 1.33 bits per heavy atom. The van der Waals surface area contributed by atoms with E-state index in [1.807, 2.05) is 0 Å². The fraction of sp³-hybridized carbons (Fsp3) is 0.929. The molecule has 0 aliphatic carbocycles. The molecule has 0 spiro atoms. The fourth-order valence-electron chi connectivity index (χ4n) is 2.20. The van der Waals surface area contributed by atoms with Gasteiger partial charge in [0.15, 0.2) is 0 Å². The maximum absolute atomic E-state index is 8.85. The molecule has 18 heavy (non-hydrogen) atoms. The van der Waals surface area contributed by atoms with E-state index in [-0.39, 0.29) is 0 Å². The zero-order valence-corrected chi connectivity index (χ0v) is 12.7. The first-order chi connectivity index (χ1) is 8.32. The Morgan fingerprint density at radius 3 is 2.39 bits per heavy atom. The van der Waals surface area contributed by atoms with E-state index in [0.29, 0.717) is 6.04 Å². The molecule has 0 saturated carbocycles. The van der Waals surface area contributed by atoms with Gasteiger partial charge in [-0.1, -0.05) is 6.92 Å². The molecule has 0 aromatic rings. The van der Waals surface area contributed by atoms with Crippen LogP contribution in [0.2, 0.25) is 0 Å². The third-order valence-electron chi connectivity index (χ3n) is 3.31. The SMILES string of the molecule is CCN(CCCCC(C)(N)C#N)C(C)CN(C)C. The quantitative estimate of drug-likeness (QED) is 0.636. The number of hydrogen-bond acceptors (Lipinski definition) is 4. The van der Waals surface area contributed by atoms with Crippen molar-refractivity contribution in [2.45, 2.75) is 51.6 Å². The fourth-order valence-corrected chi connectivity index (χ4v) is 2.20. The highest BCUT2D eigenvalue weighted by molar-refractivity contribution is 5.00. The molecule has 0 aliphatic rings. The number of likely N-dealkylation sites (N-methyl/N-ethyl adjacent to an activating group) is 2. The zero-order chi connectivity index (χ0) is 14.2. The highest BCUT2D eigenvalue weighted by Gasteiger charge is 2.17. The molecule has 4 nitrogen and oxygen atoms in total. The van der Waals surface area contributed by atoms with Crippen LogP contribution in [0.5, 0.6) is 0 Å². The Hall–Kier alpha value is -0.630. The average molecular weight is 254 g/mol. The van der Waals surface area contributed by atoms with Gasteiger partial charge in [-0.05, 0) is 60.3 Å². The first-order valence-electron chi connectivity index (χ1n) is 6.91. The smallest absolute Gasteiger partial charge is 0.101 e. The molecule has 2 N–H and O–H groups in total. The Kier molecular flexibility index (Phi) is 8.17. The predicted octanol–water partition coefficient (Wildman–Crippen LogP) is 1.67. The number of nitrogens with two attached hydrogens (primary N) is 1. The van der Waals surface area contributed by atoms with Crippen molar-refractivity contribution in [2.24, 2.45) is 5.73 Å². The third kappa shape index (κ3) is 7.65. The van der Waals surface area contributed by atoms with Gasteiger partial charge in [-0.2, -0.15) is 5.26 Å². The normalized spacial score (nSPS) is 16.6. The van der Waals surface area contributed by atoms with Crippen molar-refractivity contribution in [1.29, 1.82) is 5.26 Å². The zero-order valence-electron chi connectivity index (χ0n) is 12.7. The molecule has 106 valence electrons. The van der Waals surface area contributed by atoms with E-state index >= 15 is 0 Å². The second-order valence-corrected chi connectivity index (χ2v) is 5.73. The summed E-state index contributed by atoms with van der Waals surface area (Å²) in [5.41, 5.74) is 5.15. The van der Waals surface area contributed by atoms with E-state index in [9.17, 15) is 0 Å². The highest BCUT2D eigenvalue weighted by atomic mass is 15.2. The van der Waals surface area contributed by atoms with Crippen molar-refractivity contribution >= 4 is 0 Å². The van der Waals surface area contributed by atoms with Gasteiger partial charge in [-0.25, -0.2) is 0 Å². The van der Waals surface area contributed by atoms with Crippen molar-refractivity contribution in [3.8, 4) is 6.07 Å². The molecule has 0 aromatic carbocycles. The number of unbranched alkanes of at least 4 members (excludes halogenated alkanes) is 1. The molecule has 0 fully saturated rings. The van der Waals surface area contributed by atoms with Crippen molar-refractivity contribution in [3.05, 3.63) is 0 Å². The minimum absolute atomic E-state index is 0.574. The van der Waals surface area contributed by atoms with Crippen LogP contribution < -0.4 is 5.73 Å². The molecular formula is C14H30N4. The van der Waals surface area contributed by atoms with E-state index in [1.165, 1.54) is 0 Å². The van der Waals surface area contributed by atoms with Gasteiger partial charge in [0.25, 0.3) is 0 Å². The van der Waals surface area contributed by atoms with Crippen LogP contribution >= 0.6 is 0 Å². The van der Waals surface area contributed by atoms with E-state index < -0.39 is 5.54 Å². The lowest BCUT2D eigenvalue weighted by Gasteiger charge is -2.30. The Morgan fingerprint density at radius 2 is 1.94 bits per heavy atom. The summed E-state index contributed by atoms with van der Waals surface area (Å²) in [5.74, 6) is 0. The van der Waals surface area contributed by atoms with Crippen LogP contribution in [-0.4, -0.2) is 55.1 Å². The lowest BCUT2D eigenvalue weighted by molar-refractivity contribution is 0.178. The Labute approximate surface area is 113 Å². The summed E-state index contributed by atoms with van der Waals surface area (Å²) in [7, 11) is 4.22. The topological polar surface area (TPSA) is 56.3 Å². The van der Waals surface area contributed by atoms with Gasteiger partial charge in [0, 0.05) is 12.6 Å². The number of nitrogens with zero attached hydrogens (tertiary/aromatic N) is 3. The number of rotatable bonds is 9. The van der Waals surface area contributed by atoms with Crippen LogP contribution in [0.15, 0.2) is 0 Å². The molecule has 0 bridgehead atoms. The second kappa shape index (κ2) is 8.47. The van der Waals surface area contributed by atoms with Crippen LogP contribution in [-0.2, 0) is 0 Å². The maximum Gasteiger partial charge on any atom is 0.101 e. The second-order valence-electron chi connectivity index (χ2n) is 5.73. The molecule has 0 amide bonds. The van der Waals surface area contributed by atoms with Gasteiger partial charge in [0.1, 0.15) is 5.54 Å². The van der Waals surface area contributed by atoms with Gasteiger partial charge in [-0.15, -0.1) is 0 Å². The standard InChI is InChI=1S/C14H30N4/c1-6-18(13(2)11-17(4)5)10-8-7-9-14(3,16)12-15/h13H,6-11,16H2,1-5H3. The van der Waals surface area contributed by atoms with Crippen LogP contribution in [0.1, 0.15) is 40.0 Å². The molecule has 0 rings (SSSR count). The number of hydrogen-bond donors (Lipinski definition) is 1. The Balaban J connectivity index is 3.92. The van der Waals surface area contributed by atoms with Crippen molar-refractivity contribution in [2.75, 3.05) is 33.7 Å². The van der Waals surface area contributed by atoms with E-state index in [4.69, 9.17) is 11.0 Å². The lowest BCUT2D eigenvalue weighted by Crippen LogP contribution is -2.40. The summed E-state index contributed by atoms with van der Waals surface area (Å²) in [6.07, 6.45) is 2.91. The van der Waals surface area contributed by atoms with Crippen LogP contribution in [0, 0.1) is 11.3 Å². The minimum atomic E-state index is -0.660. The predicted molar refractivity (Wildman–Crippen MR) is 77.3 cm³/mol. The monoisotopic (exact) mass is 254 g/mol. The highest BCUT2D eigenvalue weighted by Crippen LogP contribution is 2.11. The van der Waals surface area contributed by atoms with Gasteiger partial charge >= 0.3 is 0 Å². The van der Waals surface area contributed by atoms with E-state index in [1.54, 1.807) is 6.92 Å². The summed E-state index contributed by atoms with van der Waals surface area (Å²) >= 11 is 0. The maximum atomic E-state index is 8.85. The molecule has 0 aromatic heterocycles. The first kappa shape index (κ1) is 17.4. The van der Waals surface area contributed by atoms with E-state index in [0.717, 1.165) is 38.9 Å². The summed E-state index contributed by atoms with van der Waals surface area (Å²) in [5, 5.41) is 8.85. The molecule has 2 unspecified atom stereocenters. The van der Waals surface area contributed by atoms with Gasteiger partial charge < -0.3 is 10.6 Å². The van der Waals surface area contributed by atoms with Crippen LogP contribution in [0.25, 0.3) is 0 Å². The minimum Gasteiger partial charge on any atom is -0.314 e. The van der Waals surface area contributed by atoms with Gasteiger partial charge in [0.2, 0.25) is 0 Å². The third-order valence-corrected chi connectivity index (χ3v) is 3.31. The summed E-state index contributed by atoms with van der Waals surface area (Å²) in [6.45, 7) is 9.53. The Bertz CT molecular complexity index is 255. The average Bonchev–Trinajstić information content (AvgIpc) is 2.28. The molecule has 2 atom stereocenters. The summed E-state index contributed by atoms with van der Waals surface area (Å²) < 4.78 is 0. The first-order valence-corrected chi connectivity index (χ1v) is 6.91. The number of nitriles is 1. The summed E-state index contributed by atoms with van der Waals surface area (Å²) in [6, 6.07) is 2.72. The largest absolute Gasteiger partial charge is 0.314 e. The molecule has 0 heterocycles. The van der Waals surface area contributed by atoms with Crippen molar-refractivity contribution in [1.82, 2.24) is 9.80 Å². The molecule has 0 radical (unpaired) electrons. The van der Waals surface area contributed by atoms with Crippen LogP contribution in [0.3, 0.4) is 0 Å². The van der Waals surface area contributed by atoms with Crippen molar-refractivity contribution in [3.63, 3.8) is 0 Å². The molecule has 4 heteroatoms. The van der Waals surface area contributed by atoms with Crippen LogP contribution in [0.4, 0.5) is 0 Å². The molecular weight excluding hydrogens is 224 g/mol. The van der Waals surface area contributed by atoms with E-state index in [2.05, 4.69) is 43.8 Å². The molecule has 0 aliphatic heterocycles. The van der Waals surface area contributed by atoms with Crippen molar-refractivity contribution < 1.29 is 0 Å². The summed E-state index contributed by atoms with van der Waals surface area (Å²) in [4.78, 5) is 4.71. The van der Waals surface area contributed by atoms with Gasteiger partial charge in [-0.3, -0.25) is 4.90 Å². The lowest BCUT2D eigenvalue weighted by atomic mass is 9.98. The van der Waals surface area contributed by atoms with Gasteiger partial charge in [0.05, 0.1) is 6.07 Å².